The maximum Gasteiger partial charge on any atom is 0.417 e. The molecule has 0 spiro atoms. The average molecular weight is 463 g/mol. The number of alkyl halides is 3. The molecule has 0 fully saturated rings. The highest BCUT2D eigenvalue weighted by atomic mass is 19.4. The summed E-state index contributed by atoms with van der Waals surface area (Å²) in [6.07, 6.45) is -3.98. The van der Waals surface area contributed by atoms with Crippen LogP contribution in [0.2, 0.25) is 0 Å². The van der Waals surface area contributed by atoms with Gasteiger partial charge in [-0.3, -0.25) is 14.6 Å². The molecule has 0 atom stereocenters. The van der Waals surface area contributed by atoms with E-state index in [1.165, 1.54) is 19.9 Å². The molecule has 3 aromatic rings. The van der Waals surface area contributed by atoms with E-state index in [1.54, 1.807) is 18.2 Å². The molecule has 5 nitrogen and oxygen atoms in total. The minimum Gasteiger partial charge on any atom is -0.486 e. The van der Waals surface area contributed by atoms with E-state index in [4.69, 9.17) is 4.74 Å². The lowest BCUT2D eigenvalue weighted by Gasteiger charge is -2.19. The van der Waals surface area contributed by atoms with Crippen LogP contribution in [0.15, 0.2) is 48.7 Å². The molecule has 1 heterocycles. The minimum absolute atomic E-state index is 0.0233. The molecule has 1 N–H and O–H groups in total. The lowest BCUT2D eigenvalue weighted by molar-refractivity contribution is -0.147. The van der Waals surface area contributed by atoms with Crippen LogP contribution in [0.25, 0.3) is 10.8 Å². The van der Waals surface area contributed by atoms with Gasteiger partial charge < -0.3 is 9.84 Å². The van der Waals surface area contributed by atoms with Gasteiger partial charge in [0.2, 0.25) is 0 Å². The molecular weight excluding hydrogens is 442 g/mol. The van der Waals surface area contributed by atoms with Gasteiger partial charge in [-0.05, 0) is 38.5 Å². The second-order valence-electron chi connectivity index (χ2n) is 8.22. The summed E-state index contributed by atoms with van der Waals surface area (Å²) in [6, 6.07) is 9.38. The Morgan fingerprint density at radius 2 is 1.73 bits per heavy atom. The predicted molar refractivity (Wildman–Crippen MR) is 112 cm³/mol. The molecule has 0 radical (unpaired) electrons. The van der Waals surface area contributed by atoms with Gasteiger partial charge in [-0.2, -0.15) is 13.2 Å². The summed E-state index contributed by atoms with van der Waals surface area (Å²) >= 11 is 0. The molecule has 174 valence electrons. The van der Waals surface area contributed by atoms with E-state index in [0.29, 0.717) is 11.6 Å². The second kappa shape index (κ2) is 9.17. The van der Waals surface area contributed by atoms with E-state index in [-0.39, 0.29) is 41.8 Å². The highest BCUT2D eigenvalue weighted by Crippen LogP contribution is 2.35. The molecular formula is C24H21F4NO4. The maximum absolute atomic E-state index is 14.7. The number of ketones is 1. The topological polar surface area (TPSA) is 76.5 Å². The van der Waals surface area contributed by atoms with Crippen molar-refractivity contribution in [2.75, 3.05) is 0 Å². The molecule has 0 unspecified atom stereocenters. The number of nitrogens with zero attached hydrogens (tertiary/aromatic N) is 1. The maximum atomic E-state index is 14.7. The van der Waals surface area contributed by atoms with Crippen LogP contribution in [0.5, 0.6) is 5.75 Å². The number of hydrogen-bond acceptors (Lipinski definition) is 4. The number of carboxylic acid groups (broad SMARTS) is 1. The summed E-state index contributed by atoms with van der Waals surface area (Å²) in [5, 5.41) is 9.79. The van der Waals surface area contributed by atoms with Crippen molar-refractivity contribution in [3.8, 4) is 5.75 Å². The van der Waals surface area contributed by atoms with Crippen LogP contribution >= 0.6 is 0 Å². The number of fused-ring (bicyclic) bond motifs is 1. The fourth-order valence-corrected chi connectivity index (χ4v) is 3.16. The molecule has 33 heavy (non-hydrogen) atoms. The van der Waals surface area contributed by atoms with Crippen molar-refractivity contribution < 1.29 is 37.0 Å². The smallest absolute Gasteiger partial charge is 0.417 e. The number of carboxylic acids is 1. The molecule has 9 heteroatoms. The molecule has 0 aliphatic rings. The molecule has 2 aromatic carbocycles. The Labute approximate surface area is 187 Å². The number of benzene rings is 2. The van der Waals surface area contributed by atoms with Crippen molar-refractivity contribution in [2.45, 2.75) is 39.5 Å². The SMILES string of the molecule is CC(C)(CCC(=O)c1cc(F)c2ccccc2c1OCc1ccc(C(F)(F)F)cn1)C(=O)O. The number of aromatic nitrogens is 1. The number of carbonyl (C=O) groups excluding carboxylic acids is 1. The van der Waals surface area contributed by atoms with E-state index >= 15 is 0 Å². The quantitative estimate of drug-likeness (QED) is 0.325. The second-order valence-corrected chi connectivity index (χ2v) is 8.22. The van der Waals surface area contributed by atoms with E-state index in [2.05, 4.69) is 4.98 Å². The van der Waals surface area contributed by atoms with E-state index in [0.717, 1.165) is 18.2 Å². The number of rotatable bonds is 8. The first kappa shape index (κ1) is 24.2. The van der Waals surface area contributed by atoms with Crippen molar-refractivity contribution in [3.05, 3.63) is 71.3 Å². The lowest BCUT2D eigenvalue weighted by Crippen LogP contribution is -2.24. The summed E-state index contributed by atoms with van der Waals surface area (Å²) in [6.45, 7) is 2.71. The molecule has 0 amide bonds. The molecule has 0 saturated carbocycles. The van der Waals surface area contributed by atoms with Crippen LogP contribution in [0, 0.1) is 11.2 Å². The van der Waals surface area contributed by atoms with E-state index in [9.17, 15) is 32.3 Å². The largest absolute Gasteiger partial charge is 0.486 e. The molecule has 0 saturated heterocycles. The average Bonchev–Trinajstić information content (AvgIpc) is 2.76. The van der Waals surface area contributed by atoms with Gasteiger partial charge in [0.15, 0.2) is 5.78 Å². The van der Waals surface area contributed by atoms with Gasteiger partial charge >= 0.3 is 12.1 Å². The van der Waals surface area contributed by atoms with Crippen molar-refractivity contribution >= 4 is 22.5 Å². The Bertz CT molecular complexity index is 1190. The third-order valence-electron chi connectivity index (χ3n) is 5.32. The number of aliphatic carboxylic acids is 1. The van der Waals surface area contributed by atoms with Crippen LogP contribution in [0.4, 0.5) is 17.6 Å². The van der Waals surface area contributed by atoms with Crippen molar-refractivity contribution in [1.82, 2.24) is 4.98 Å². The molecule has 0 aliphatic heterocycles. The Hall–Kier alpha value is -3.49. The fourth-order valence-electron chi connectivity index (χ4n) is 3.16. The standard InChI is InChI=1S/C24H21F4NO4/c1-23(2,22(31)32)10-9-20(30)18-11-19(25)16-5-3-4-6-17(16)21(18)33-13-15-8-7-14(12-29-15)24(26,27)28/h3-8,11-12H,9-10,13H2,1-2H3,(H,31,32). The monoisotopic (exact) mass is 463 g/mol. The van der Waals surface area contributed by atoms with Gasteiger partial charge in [-0.15, -0.1) is 0 Å². The number of halogens is 4. The number of carbonyl (C=O) groups is 2. The van der Waals surface area contributed by atoms with Crippen molar-refractivity contribution in [1.29, 1.82) is 0 Å². The van der Waals surface area contributed by atoms with Crippen LogP contribution in [0.1, 0.15) is 48.3 Å². The fraction of sp³-hybridized carbons (Fsp3) is 0.292. The number of hydrogen-bond donors (Lipinski definition) is 1. The van der Waals surface area contributed by atoms with Crippen LogP contribution in [0.3, 0.4) is 0 Å². The van der Waals surface area contributed by atoms with E-state index < -0.39 is 34.7 Å². The van der Waals surface area contributed by atoms with Gasteiger partial charge in [0.25, 0.3) is 0 Å². The minimum atomic E-state index is -4.52. The summed E-state index contributed by atoms with van der Waals surface area (Å²) < 4.78 is 58.7. The summed E-state index contributed by atoms with van der Waals surface area (Å²) in [5.74, 6) is -2.16. The Morgan fingerprint density at radius 1 is 1.06 bits per heavy atom. The van der Waals surface area contributed by atoms with Gasteiger partial charge in [-0.1, -0.05) is 24.3 Å². The number of pyridine rings is 1. The van der Waals surface area contributed by atoms with Crippen LogP contribution in [-0.4, -0.2) is 21.8 Å². The van der Waals surface area contributed by atoms with E-state index in [1.807, 2.05) is 0 Å². The zero-order chi connectivity index (χ0) is 24.4. The van der Waals surface area contributed by atoms with Gasteiger partial charge in [0.05, 0.1) is 22.2 Å². The lowest BCUT2D eigenvalue weighted by atomic mass is 9.86. The van der Waals surface area contributed by atoms with Gasteiger partial charge in [0.1, 0.15) is 18.2 Å². The molecule has 0 aliphatic carbocycles. The van der Waals surface area contributed by atoms with Crippen LogP contribution < -0.4 is 4.74 Å². The first-order chi connectivity index (χ1) is 15.4. The molecule has 0 bridgehead atoms. The number of Topliss-reactive ketones (excluding diaryl/α,β-unsaturated/α-hetero) is 1. The predicted octanol–water partition coefficient (Wildman–Crippen LogP) is 6.05. The third-order valence-corrected chi connectivity index (χ3v) is 5.32. The number of ether oxygens (including phenoxy) is 1. The zero-order valence-corrected chi connectivity index (χ0v) is 17.9. The molecule has 3 rings (SSSR count). The normalized spacial score (nSPS) is 12.1. The Balaban J connectivity index is 1.93. The first-order valence-corrected chi connectivity index (χ1v) is 10.0. The highest BCUT2D eigenvalue weighted by Gasteiger charge is 2.31. The first-order valence-electron chi connectivity index (χ1n) is 10.0. The third kappa shape index (κ3) is 5.47. The van der Waals surface area contributed by atoms with Crippen LogP contribution in [-0.2, 0) is 17.6 Å². The van der Waals surface area contributed by atoms with Gasteiger partial charge in [-0.25, -0.2) is 4.39 Å². The summed E-state index contributed by atoms with van der Waals surface area (Å²) in [4.78, 5) is 28.0. The Kier molecular flexibility index (Phi) is 6.71. The zero-order valence-electron chi connectivity index (χ0n) is 17.9. The summed E-state index contributed by atoms with van der Waals surface area (Å²) in [7, 11) is 0. The van der Waals surface area contributed by atoms with Crippen molar-refractivity contribution in [3.63, 3.8) is 0 Å². The van der Waals surface area contributed by atoms with Crippen molar-refractivity contribution in [2.24, 2.45) is 5.41 Å². The highest BCUT2D eigenvalue weighted by molar-refractivity contribution is 6.05. The summed E-state index contributed by atoms with van der Waals surface area (Å²) in [5.41, 5.74) is -1.95. The van der Waals surface area contributed by atoms with Gasteiger partial charge in [0, 0.05) is 23.4 Å². The Morgan fingerprint density at radius 3 is 2.30 bits per heavy atom. The molecule has 1 aromatic heterocycles.